The minimum atomic E-state index is -1.30. The Morgan fingerprint density at radius 3 is 2.32 bits per heavy atom. The number of piperazine rings is 1. The molecule has 3 aromatic rings. The standard InChI is InChI=1S/C30H30FN4O5P/c1-2-3-17-40-30(38)35-15-13-34(14-16-35)29(37)27(20-41-39)33-28(36)26-19-23(21-7-5-4-6-8-21)18-25(32-26)22-9-11-24(31)12-10-22/h4-12,18-19,27H,2-3,13-17H2,1H3,(H,33,36)/t27-/m0/s1. The molecule has 1 atom stereocenters. The molecule has 212 valence electrons. The van der Waals surface area contributed by atoms with E-state index in [9.17, 15) is 23.3 Å². The number of carbonyl (C=O) groups excluding carboxylic acids is 3. The second kappa shape index (κ2) is 14.4. The van der Waals surface area contributed by atoms with Gasteiger partial charge in [-0.05, 0) is 0 Å². The van der Waals surface area contributed by atoms with Crippen molar-refractivity contribution in [3.63, 3.8) is 0 Å². The first kappa shape index (κ1) is 29.7. The van der Waals surface area contributed by atoms with E-state index in [4.69, 9.17) is 4.74 Å². The van der Waals surface area contributed by atoms with Crippen LogP contribution in [0.5, 0.6) is 0 Å². The zero-order valence-corrected chi connectivity index (χ0v) is 23.5. The number of ether oxygens (including phenoxy) is 1. The van der Waals surface area contributed by atoms with Crippen LogP contribution in [0.3, 0.4) is 0 Å². The van der Waals surface area contributed by atoms with Crippen LogP contribution >= 0.6 is 7.92 Å². The van der Waals surface area contributed by atoms with E-state index in [1.54, 1.807) is 24.3 Å². The fourth-order valence-electron chi connectivity index (χ4n) is 4.31. The number of carbonyl (C=O) groups is 3. The molecule has 1 aromatic heterocycles. The second-order valence-corrected chi connectivity index (χ2v) is 9.85. The Morgan fingerprint density at radius 1 is 0.976 bits per heavy atom. The zero-order chi connectivity index (χ0) is 29.2. The molecular formula is C30H30FN4O5P. The predicted octanol–water partition coefficient (Wildman–Crippen LogP) is 4.98. The van der Waals surface area contributed by atoms with Gasteiger partial charge in [0.05, 0.1) is 0 Å². The number of amides is 3. The molecule has 4 rings (SSSR count). The Kier molecular flexibility index (Phi) is 10.4. The first-order chi connectivity index (χ1) is 19.9. The third-order valence-electron chi connectivity index (χ3n) is 6.58. The van der Waals surface area contributed by atoms with Crippen molar-refractivity contribution in [1.82, 2.24) is 20.1 Å². The van der Waals surface area contributed by atoms with E-state index >= 15 is 0 Å². The number of nitrogens with zero attached hydrogens (tertiary/aromatic N) is 3. The van der Waals surface area contributed by atoms with Gasteiger partial charge in [-0.1, -0.05) is 6.92 Å². The Hall–Kier alpha value is -4.26. The van der Waals surface area contributed by atoms with Crippen LogP contribution in [0.2, 0.25) is 0 Å². The predicted molar refractivity (Wildman–Crippen MR) is 152 cm³/mol. The first-order valence-corrected chi connectivity index (χ1v) is 14.1. The molecule has 9 nitrogen and oxygen atoms in total. The molecule has 0 unspecified atom stereocenters. The van der Waals surface area contributed by atoms with E-state index in [2.05, 4.69) is 15.9 Å². The molecule has 0 aliphatic carbocycles. The number of benzene rings is 2. The molecule has 0 spiro atoms. The average molecular weight is 577 g/mol. The van der Waals surface area contributed by atoms with Crippen LogP contribution in [0.15, 0.2) is 66.7 Å². The Labute approximate surface area is 238 Å². The van der Waals surface area contributed by atoms with Crippen LogP contribution in [-0.2, 0) is 14.1 Å². The van der Waals surface area contributed by atoms with Gasteiger partial charge < -0.3 is 0 Å². The molecular weight excluding hydrogens is 546 g/mol. The third kappa shape index (κ3) is 7.91. The van der Waals surface area contributed by atoms with Crippen molar-refractivity contribution < 1.29 is 28.1 Å². The van der Waals surface area contributed by atoms with Gasteiger partial charge in [0.1, 0.15) is 0 Å². The summed E-state index contributed by atoms with van der Waals surface area (Å²) in [7, 11) is -0.553. The Balaban J connectivity index is 1.51. The molecule has 1 aliphatic heterocycles. The van der Waals surface area contributed by atoms with E-state index in [0.29, 0.717) is 23.4 Å². The minimum absolute atomic E-state index is 0.0208. The Morgan fingerprint density at radius 2 is 1.66 bits per heavy atom. The monoisotopic (exact) mass is 576 g/mol. The number of unbranched alkanes of at least 4 members (excludes halogenated alkanes) is 1. The van der Waals surface area contributed by atoms with Gasteiger partial charge in [-0.3, -0.25) is 0 Å². The average Bonchev–Trinajstić information content (AvgIpc) is 3.01. The van der Waals surface area contributed by atoms with Crippen molar-refractivity contribution in [2.75, 3.05) is 32.8 Å². The van der Waals surface area contributed by atoms with Gasteiger partial charge in [0.2, 0.25) is 0 Å². The molecule has 1 N–H and O–H groups in total. The number of rotatable bonds is 8. The van der Waals surface area contributed by atoms with Crippen LogP contribution in [0, 0.1) is 11.4 Å². The maximum absolute atomic E-state index is 13.5. The molecule has 2 heterocycles. The summed E-state index contributed by atoms with van der Waals surface area (Å²) in [5.74, 6) is -1.57. The summed E-state index contributed by atoms with van der Waals surface area (Å²) in [6.45, 7) is 3.34. The van der Waals surface area contributed by atoms with Crippen LogP contribution < -0.4 is 5.32 Å². The number of hydrogen-bond acceptors (Lipinski definition) is 6. The van der Waals surface area contributed by atoms with Crippen LogP contribution in [0.25, 0.3) is 22.4 Å². The SMILES string of the molecule is CCCCOC(=O)N1CCN(C(=O)[C@H](C#P=O)NC(=O)c2cc(-c3ccccc3)cc(-c3ccc(F)cc3)n2)CC1. The van der Waals surface area contributed by atoms with Gasteiger partial charge in [0.15, 0.2) is 0 Å². The molecule has 11 heteroatoms. The van der Waals surface area contributed by atoms with Gasteiger partial charge in [0.25, 0.3) is 0 Å². The van der Waals surface area contributed by atoms with Gasteiger partial charge in [-0.2, -0.15) is 0 Å². The summed E-state index contributed by atoms with van der Waals surface area (Å²) in [4.78, 5) is 46.4. The fraction of sp³-hybridized carbons (Fsp3) is 0.300. The Bertz CT molecular complexity index is 1490. The molecule has 2 aromatic carbocycles. The van der Waals surface area contributed by atoms with Gasteiger partial charge >= 0.3 is 232 Å². The van der Waals surface area contributed by atoms with Crippen LogP contribution in [-0.4, -0.2) is 71.5 Å². The van der Waals surface area contributed by atoms with Crippen molar-refractivity contribution in [1.29, 1.82) is 0 Å². The van der Waals surface area contributed by atoms with E-state index < -0.39 is 37.7 Å². The maximum atomic E-state index is 13.5. The fourth-order valence-corrected chi connectivity index (χ4v) is 4.59. The van der Waals surface area contributed by atoms with Crippen molar-refractivity contribution in [2.24, 2.45) is 0 Å². The normalized spacial score (nSPS) is 13.6. The number of halogens is 1. The van der Waals surface area contributed by atoms with Crippen molar-refractivity contribution >= 4 is 25.8 Å². The van der Waals surface area contributed by atoms with E-state index in [-0.39, 0.29) is 31.9 Å². The molecule has 41 heavy (non-hydrogen) atoms. The second-order valence-electron chi connectivity index (χ2n) is 9.41. The number of nitrogens with one attached hydrogen (secondary N) is 1. The van der Waals surface area contributed by atoms with Crippen molar-refractivity contribution in [3.8, 4) is 28.0 Å². The van der Waals surface area contributed by atoms with E-state index in [1.807, 2.05) is 37.3 Å². The molecule has 0 saturated carbocycles. The summed E-state index contributed by atoms with van der Waals surface area (Å²) in [6, 6.07) is 17.2. The number of hydrogen-bond donors (Lipinski definition) is 1. The molecule has 1 saturated heterocycles. The molecule has 1 fully saturated rings. The molecule has 0 bridgehead atoms. The van der Waals surface area contributed by atoms with Crippen molar-refractivity contribution in [3.05, 3.63) is 78.2 Å². The summed E-state index contributed by atoms with van der Waals surface area (Å²) in [5, 5.41) is 2.59. The first-order valence-electron chi connectivity index (χ1n) is 13.3. The van der Waals surface area contributed by atoms with Crippen LogP contribution in [0.4, 0.5) is 9.18 Å². The third-order valence-corrected chi connectivity index (χ3v) is 6.95. The molecule has 0 radical (unpaired) electrons. The summed E-state index contributed by atoms with van der Waals surface area (Å²) in [5.41, 5.74) is 5.07. The summed E-state index contributed by atoms with van der Waals surface area (Å²) in [6.07, 6.45) is 1.27. The molecule has 1 aliphatic rings. The topological polar surface area (TPSA) is 109 Å². The quantitative estimate of drug-likeness (QED) is 0.299. The summed E-state index contributed by atoms with van der Waals surface area (Å²) >= 11 is 0. The van der Waals surface area contributed by atoms with Gasteiger partial charge in [-0.25, -0.2) is 0 Å². The van der Waals surface area contributed by atoms with E-state index in [1.165, 1.54) is 21.9 Å². The zero-order valence-electron chi connectivity index (χ0n) is 22.6. The van der Waals surface area contributed by atoms with E-state index in [0.717, 1.165) is 18.4 Å². The van der Waals surface area contributed by atoms with Gasteiger partial charge in [-0.15, -0.1) is 0 Å². The van der Waals surface area contributed by atoms with Crippen LogP contribution in [0.1, 0.15) is 30.3 Å². The van der Waals surface area contributed by atoms with Crippen molar-refractivity contribution in [2.45, 2.75) is 25.8 Å². The molecule has 3 amide bonds. The summed E-state index contributed by atoms with van der Waals surface area (Å²) < 4.78 is 30.2. The van der Waals surface area contributed by atoms with Gasteiger partial charge in [0, 0.05) is 0 Å². The number of pyridine rings is 1. The number of aromatic nitrogens is 1.